The number of aromatic nitrogens is 1. The molecule has 0 spiro atoms. The molecule has 2 amide bonds. The van der Waals surface area contributed by atoms with E-state index in [9.17, 15) is 18.4 Å². The van der Waals surface area contributed by atoms with E-state index in [0.717, 1.165) is 65.8 Å². The number of primary amides is 1. The average molecular weight is 613 g/mol. The van der Waals surface area contributed by atoms with Crippen LogP contribution in [0.5, 0.6) is 5.75 Å². The van der Waals surface area contributed by atoms with Gasteiger partial charge in [0.2, 0.25) is 0 Å². The van der Waals surface area contributed by atoms with Gasteiger partial charge in [-0.15, -0.1) is 11.3 Å². The molecule has 0 radical (unpaired) electrons. The van der Waals surface area contributed by atoms with Gasteiger partial charge < -0.3 is 20.7 Å². The van der Waals surface area contributed by atoms with Gasteiger partial charge in [-0.3, -0.25) is 14.6 Å². The number of halogens is 3. The third kappa shape index (κ3) is 5.97. The highest BCUT2D eigenvalue weighted by atomic mass is 35.5. The van der Waals surface area contributed by atoms with Crippen LogP contribution in [-0.2, 0) is 6.54 Å². The van der Waals surface area contributed by atoms with Crippen LogP contribution >= 0.6 is 22.9 Å². The Kier molecular flexibility index (Phi) is 9.05. The standard InChI is InChI=1S/C31H31ClF2N4O3S/c1-3-41-25-11-4-17(18-12-13-37-24(15-18)30(35)39)14-19(25)16-38(21-7-5-20(36-2)6-8-21)31(40)29-27(32)26-22(33)9-10-23(34)28(26)42-29/h4,9-15,20-21,36H,3,5-8,16H2,1-2H3,(H2,35,39). The number of thiophene rings is 1. The molecule has 1 aliphatic carbocycles. The summed E-state index contributed by atoms with van der Waals surface area (Å²) < 4.78 is 35.3. The number of ether oxygens (including phenoxy) is 1. The van der Waals surface area contributed by atoms with Crippen LogP contribution in [0.15, 0.2) is 48.7 Å². The van der Waals surface area contributed by atoms with E-state index in [1.165, 1.54) is 6.20 Å². The highest BCUT2D eigenvalue weighted by Gasteiger charge is 2.33. The first-order chi connectivity index (χ1) is 20.2. The zero-order valence-corrected chi connectivity index (χ0v) is 24.8. The summed E-state index contributed by atoms with van der Waals surface area (Å²) in [5.41, 5.74) is 7.84. The minimum Gasteiger partial charge on any atom is -0.494 e. The van der Waals surface area contributed by atoms with Gasteiger partial charge in [0.25, 0.3) is 11.8 Å². The predicted octanol–water partition coefficient (Wildman–Crippen LogP) is 6.57. The van der Waals surface area contributed by atoms with Crippen molar-refractivity contribution in [1.29, 1.82) is 0 Å². The molecule has 0 unspecified atom stereocenters. The number of nitrogens with one attached hydrogen (secondary N) is 1. The molecule has 0 aliphatic heterocycles. The molecule has 7 nitrogen and oxygen atoms in total. The fraction of sp³-hybridized carbons (Fsp3) is 0.323. The second-order valence-electron chi connectivity index (χ2n) is 10.3. The molecule has 1 saturated carbocycles. The van der Waals surface area contributed by atoms with Crippen molar-refractivity contribution < 1.29 is 23.1 Å². The van der Waals surface area contributed by atoms with Gasteiger partial charge in [-0.05, 0) is 87.2 Å². The highest BCUT2D eigenvalue weighted by molar-refractivity contribution is 7.21. The second kappa shape index (κ2) is 12.7. The quantitative estimate of drug-likeness (QED) is 0.223. The number of hydrogen-bond donors (Lipinski definition) is 2. The number of hydrogen-bond acceptors (Lipinski definition) is 6. The van der Waals surface area contributed by atoms with Crippen molar-refractivity contribution in [3.05, 3.63) is 81.5 Å². The molecule has 2 aromatic carbocycles. The number of fused-ring (bicyclic) bond motifs is 1. The van der Waals surface area contributed by atoms with Crippen LogP contribution < -0.4 is 15.8 Å². The third-order valence-electron chi connectivity index (χ3n) is 7.73. The summed E-state index contributed by atoms with van der Waals surface area (Å²) in [6.45, 7) is 2.47. The van der Waals surface area contributed by atoms with Crippen molar-refractivity contribution in [2.24, 2.45) is 5.73 Å². The minimum absolute atomic E-state index is 0.0159. The van der Waals surface area contributed by atoms with E-state index in [-0.39, 0.29) is 44.2 Å². The number of benzene rings is 2. The van der Waals surface area contributed by atoms with Gasteiger partial charge in [-0.2, -0.15) is 0 Å². The molecule has 11 heteroatoms. The Labute approximate surface area is 251 Å². The fourth-order valence-electron chi connectivity index (χ4n) is 5.52. The van der Waals surface area contributed by atoms with Crippen molar-refractivity contribution in [1.82, 2.24) is 15.2 Å². The van der Waals surface area contributed by atoms with E-state index >= 15 is 0 Å². The molecular formula is C31H31ClF2N4O3S. The maximum atomic E-state index is 14.7. The molecule has 1 aliphatic rings. The number of carbonyl (C=O) groups excluding carboxylic acids is 2. The van der Waals surface area contributed by atoms with Crippen LogP contribution in [0.3, 0.4) is 0 Å². The number of amides is 2. The van der Waals surface area contributed by atoms with Gasteiger partial charge in [-0.25, -0.2) is 8.78 Å². The van der Waals surface area contributed by atoms with Gasteiger partial charge in [0.05, 0.1) is 21.7 Å². The lowest BCUT2D eigenvalue weighted by Gasteiger charge is -2.37. The van der Waals surface area contributed by atoms with Crippen molar-refractivity contribution in [2.45, 2.75) is 51.2 Å². The second-order valence-corrected chi connectivity index (χ2v) is 11.7. The number of rotatable bonds is 9. The molecule has 1 fully saturated rings. The third-order valence-corrected chi connectivity index (χ3v) is 9.41. The Hall–Kier alpha value is -3.60. The average Bonchev–Trinajstić information content (AvgIpc) is 3.36. The van der Waals surface area contributed by atoms with Gasteiger partial charge >= 0.3 is 0 Å². The number of carbonyl (C=O) groups is 2. The zero-order valence-electron chi connectivity index (χ0n) is 23.3. The zero-order chi connectivity index (χ0) is 30.0. The van der Waals surface area contributed by atoms with Crippen LogP contribution in [0, 0.1) is 11.6 Å². The summed E-state index contributed by atoms with van der Waals surface area (Å²) in [4.78, 5) is 31.9. The van der Waals surface area contributed by atoms with Crippen LogP contribution in [0.4, 0.5) is 8.78 Å². The summed E-state index contributed by atoms with van der Waals surface area (Å²) in [6.07, 6.45) is 4.76. The topological polar surface area (TPSA) is 97.6 Å². The number of nitrogens with two attached hydrogens (primary N) is 1. The number of pyridine rings is 1. The summed E-state index contributed by atoms with van der Waals surface area (Å²) >= 11 is 7.43. The predicted molar refractivity (Wildman–Crippen MR) is 161 cm³/mol. The Morgan fingerprint density at radius 2 is 1.81 bits per heavy atom. The normalized spacial score (nSPS) is 16.9. The van der Waals surface area contributed by atoms with E-state index in [4.69, 9.17) is 22.1 Å². The molecule has 42 heavy (non-hydrogen) atoms. The molecule has 0 bridgehead atoms. The summed E-state index contributed by atoms with van der Waals surface area (Å²) in [5, 5.41) is 3.15. The molecular weight excluding hydrogens is 582 g/mol. The van der Waals surface area contributed by atoms with Crippen molar-refractivity contribution in [3.8, 4) is 16.9 Å². The molecule has 0 saturated heterocycles. The molecule has 2 aromatic heterocycles. The molecule has 3 N–H and O–H groups in total. The molecule has 220 valence electrons. The van der Waals surface area contributed by atoms with Crippen LogP contribution in [0.2, 0.25) is 5.02 Å². The first-order valence-corrected chi connectivity index (χ1v) is 15.0. The summed E-state index contributed by atoms with van der Waals surface area (Å²) in [7, 11) is 1.93. The van der Waals surface area contributed by atoms with E-state index in [1.54, 1.807) is 17.0 Å². The Morgan fingerprint density at radius 1 is 1.10 bits per heavy atom. The van der Waals surface area contributed by atoms with Gasteiger partial charge in [-0.1, -0.05) is 17.7 Å². The van der Waals surface area contributed by atoms with E-state index < -0.39 is 17.5 Å². The lowest BCUT2D eigenvalue weighted by atomic mass is 9.89. The lowest BCUT2D eigenvalue weighted by molar-refractivity contribution is 0.0604. The van der Waals surface area contributed by atoms with Crippen LogP contribution in [0.25, 0.3) is 21.2 Å². The highest BCUT2D eigenvalue weighted by Crippen LogP contribution is 2.40. The maximum Gasteiger partial charge on any atom is 0.267 e. The van der Waals surface area contributed by atoms with E-state index in [1.807, 2.05) is 32.2 Å². The Balaban J connectivity index is 1.57. The first-order valence-electron chi connectivity index (χ1n) is 13.8. The van der Waals surface area contributed by atoms with Crippen LogP contribution in [0.1, 0.15) is 58.3 Å². The first kappa shape index (κ1) is 29.9. The van der Waals surface area contributed by atoms with Crippen molar-refractivity contribution >= 4 is 44.8 Å². The lowest BCUT2D eigenvalue weighted by Crippen LogP contribution is -2.44. The SMILES string of the molecule is CCOc1ccc(-c2ccnc(C(N)=O)c2)cc1CN(C(=O)c1sc2c(F)ccc(F)c2c1Cl)C1CCC(NC)CC1. The molecule has 2 heterocycles. The summed E-state index contributed by atoms with van der Waals surface area (Å²) in [5.74, 6) is -1.72. The fourth-order valence-corrected chi connectivity index (χ4v) is 7.02. The maximum absolute atomic E-state index is 14.7. The molecule has 0 atom stereocenters. The van der Waals surface area contributed by atoms with Crippen LogP contribution in [-0.4, -0.2) is 47.4 Å². The largest absolute Gasteiger partial charge is 0.494 e. The monoisotopic (exact) mass is 612 g/mol. The molecule has 4 aromatic rings. The minimum atomic E-state index is -0.674. The summed E-state index contributed by atoms with van der Waals surface area (Å²) in [6, 6.07) is 11.3. The van der Waals surface area contributed by atoms with E-state index in [0.29, 0.717) is 18.4 Å². The van der Waals surface area contributed by atoms with Gasteiger partial charge in [0, 0.05) is 30.4 Å². The Bertz CT molecular complexity index is 1640. The smallest absolute Gasteiger partial charge is 0.267 e. The van der Waals surface area contributed by atoms with Gasteiger partial charge in [0.1, 0.15) is 28.0 Å². The molecule has 5 rings (SSSR count). The van der Waals surface area contributed by atoms with E-state index in [2.05, 4.69) is 10.3 Å². The van der Waals surface area contributed by atoms with Crippen molar-refractivity contribution in [2.75, 3.05) is 13.7 Å². The Morgan fingerprint density at radius 3 is 2.48 bits per heavy atom. The number of nitrogens with zero attached hydrogens (tertiary/aromatic N) is 2. The van der Waals surface area contributed by atoms with Crippen molar-refractivity contribution in [3.63, 3.8) is 0 Å². The van der Waals surface area contributed by atoms with Gasteiger partial charge in [0.15, 0.2) is 0 Å².